The molecule has 1 heterocycles. The van der Waals surface area contributed by atoms with Crippen molar-refractivity contribution in [3.8, 4) is 0 Å². The predicted octanol–water partition coefficient (Wildman–Crippen LogP) is 3.69. The van der Waals surface area contributed by atoms with Crippen LogP contribution in [0.2, 0.25) is 0 Å². The third-order valence-electron chi connectivity index (χ3n) is 4.37. The van der Waals surface area contributed by atoms with Crippen molar-refractivity contribution in [2.45, 2.75) is 53.1 Å². The van der Waals surface area contributed by atoms with Crippen molar-refractivity contribution in [1.29, 1.82) is 0 Å². The SMILES string of the molecule is CCNC(=NCC(=O)N(CC)Cc1ccccc1)NCc1ncc(C(C)(C)C)o1.I. The number of likely N-dealkylation sites (N-methyl/N-ethyl adjacent to an activating group) is 1. The van der Waals surface area contributed by atoms with Gasteiger partial charge < -0.3 is 20.0 Å². The molecule has 2 rings (SSSR count). The van der Waals surface area contributed by atoms with Crippen LogP contribution < -0.4 is 10.6 Å². The van der Waals surface area contributed by atoms with E-state index in [9.17, 15) is 4.79 Å². The van der Waals surface area contributed by atoms with Crippen molar-refractivity contribution >= 4 is 35.8 Å². The lowest BCUT2D eigenvalue weighted by Crippen LogP contribution is -2.39. The van der Waals surface area contributed by atoms with Gasteiger partial charge in [0.2, 0.25) is 11.8 Å². The maximum atomic E-state index is 12.6. The minimum Gasteiger partial charge on any atom is -0.443 e. The first kappa shape index (κ1) is 25.9. The third-order valence-corrected chi connectivity index (χ3v) is 4.37. The van der Waals surface area contributed by atoms with Crippen LogP contribution in [0.5, 0.6) is 0 Å². The molecule has 1 amide bonds. The van der Waals surface area contributed by atoms with E-state index in [0.29, 0.717) is 38.0 Å². The number of rotatable bonds is 8. The maximum absolute atomic E-state index is 12.6. The molecule has 166 valence electrons. The van der Waals surface area contributed by atoms with E-state index in [1.807, 2.05) is 44.2 Å². The third kappa shape index (κ3) is 8.33. The highest BCUT2D eigenvalue weighted by Gasteiger charge is 2.19. The first-order valence-electron chi connectivity index (χ1n) is 10.1. The van der Waals surface area contributed by atoms with Gasteiger partial charge in [0.25, 0.3) is 0 Å². The molecule has 0 aliphatic rings. The van der Waals surface area contributed by atoms with Crippen LogP contribution in [0.15, 0.2) is 45.9 Å². The molecule has 1 aromatic heterocycles. The number of benzene rings is 1. The molecule has 0 fully saturated rings. The summed E-state index contributed by atoms with van der Waals surface area (Å²) in [6, 6.07) is 9.97. The topological polar surface area (TPSA) is 82.8 Å². The van der Waals surface area contributed by atoms with Crippen molar-refractivity contribution < 1.29 is 9.21 Å². The maximum Gasteiger partial charge on any atom is 0.244 e. The number of aromatic nitrogens is 1. The molecule has 0 atom stereocenters. The molecule has 0 saturated heterocycles. The van der Waals surface area contributed by atoms with Crippen LogP contribution in [0.4, 0.5) is 0 Å². The first-order chi connectivity index (χ1) is 13.8. The predicted molar refractivity (Wildman–Crippen MR) is 131 cm³/mol. The Bertz CT molecular complexity index is 799. The number of carbonyl (C=O) groups excluding carboxylic acids is 1. The van der Waals surface area contributed by atoms with Gasteiger partial charge in [0.15, 0.2) is 5.96 Å². The number of guanidine groups is 1. The standard InChI is InChI=1S/C22H33N5O2.HI/c1-6-23-21(25-14-19-24-13-18(29-19)22(3,4)5)26-15-20(28)27(7-2)16-17-11-9-8-10-12-17;/h8-13H,6-7,14-16H2,1-5H3,(H2,23,25,26);1H. The molecule has 0 radical (unpaired) electrons. The fraction of sp³-hybridized carbons (Fsp3) is 0.500. The molecule has 2 aromatic rings. The summed E-state index contributed by atoms with van der Waals surface area (Å²) >= 11 is 0. The molecule has 0 bridgehead atoms. The molecule has 7 nitrogen and oxygen atoms in total. The molecule has 1 aromatic carbocycles. The summed E-state index contributed by atoms with van der Waals surface area (Å²) < 4.78 is 5.79. The molecule has 0 saturated carbocycles. The quantitative estimate of drug-likeness (QED) is 0.311. The fourth-order valence-electron chi connectivity index (χ4n) is 2.67. The van der Waals surface area contributed by atoms with Crippen molar-refractivity contribution in [1.82, 2.24) is 20.5 Å². The zero-order valence-electron chi connectivity index (χ0n) is 18.6. The summed E-state index contributed by atoms with van der Waals surface area (Å²) in [5.41, 5.74) is 1.02. The highest BCUT2D eigenvalue weighted by molar-refractivity contribution is 14.0. The highest BCUT2D eigenvalue weighted by Crippen LogP contribution is 2.22. The summed E-state index contributed by atoms with van der Waals surface area (Å²) in [5, 5.41) is 6.33. The second-order valence-electron chi connectivity index (χ2n) is 7.81. The molecule has 2 N–H and O–H groups in total. The van der Waals surface area contributed by atoms with Crippen LogP contribution in [-0.4, -0.2) is 41.4 Å². The van der Waals surface area contributed by atoms with Crippen LogP contribution in [0.25, 0.3) is 0 Å². The lowest BCUT2D eigenvalue weighted by Gasteiger charge is -2.20. The number of aliphatic imine (C=N–C) groups is 1. The zero-order chi connectivity index (χ0) is 21.3. The Labute approximate surface area is 196 Å². The van der Waals surface area contributed by atoms with Gasteiger partial charge in [-0.2, -0.15) is 0 Å². The Morgan fingerprint density at radius 3 is 2.43 bits per heavy atom. The summed E-state index contributed by atoms with van der Waals surface area (Å²) in [5.74, 6) is 1.98. The fourth-order valence-corrected chi connectivity index (χ4v) is 2.67. The Morgan fingerprint density at radius 1 is 1.17 bits per heavy atom. The van der Waals surface area contributed by atoms with Gasteiger partial charge in [-0.15, -0.1) is 24.0 Å². The number of hydrogen-bond donors (Lipinski definition) is 2. The minimum absolute atomic E-state index is 0. The van der Waals surface area contributed by atoms with Gasteiger partial charge in [-0.3, -0.25) is 4.79 Å². The number of nitrogens with one attached hydrogen (secondary N) is 2. The van der Waals surface area contributed by atoms with E-state index in [4.69, 9.17) is 4.42 Å². The molecule has 30 heavy (non-hydrogen) atoms. The molecule has 8 heteroatoms. The summed E-state index contributed by atoms with van der Waals surface area (Å²) in [6.07, 6.45) is 1.76. The van der Waals surface area contributed by atoms with Gasteiger partial charge >= 0.3 is 0 Å². The van der Waals surface area contributed by atoms with Gasteiger partial charge in [0.05, 0.1) is 12.7 Å². The van der Waals surface area contributed by atoms with Gasteiger partial charge in [-0.25, -0.2) is 9.98 Å². The Hall–Kier alpha value is -2.10. The van der Waals surface area contributed by atoms with E-state index in [-0.39, 0.29) is 41.8 Å². The van der Waals surface area contributed by atoms with Crippen LogP contribution in [-0.2, 0) is 23.3 Å². The Balaban J connectivity index is 0.00000450. The minimum atomic E-state index is -0.0847. The second-order valence-corrected chi connectivity index (χ2v) is 7.81. The van der Waals surface area contributed by atoms with Crippen LogP contribution >= 0.6 is 24.0 Å². The number of oxazole rings is 1. The lowest BCUT2D eigenvalue weighted by molar-refractivity contribution is -0.130. The Kier molecular flexibility index (Phi) is 10.9. The van der Waals surface area contributed by atoms with E-state index < -0.39 is 0 Å². The largest absolute Gasteiger partial charge is 0.443 e. The van der Waals surface area contributed by atoms with E-state index in [1.54, 1.807) is 11.1 Å². The van der Waals surface area contributed by atoms with Gasteiger partial charge in [-0.05, 0) is 19.4 Å². The number of amides is 1. The van der Waals surface area contributed by atoms with E-state index in [1.165, 1.54) is 0 Å². The van der Waals surface area contributed by atoms with E-state index in [0.717, 1.165) is 11.3 Å². The second kappa shape index (κ2) is 12.6. The smallest absolute Gasteiger partial charge is 0.244 e. The van der Waals surface area contributed by atoms with Crippen molar-refractivity contribution in [2.75, 3.05) is 19.6 Å². The Morgan fingerprint density at radius 2 is 1.87 bits per heavy atom. The molecular weight excluding hydrogens is 493 g/mol. The molecular formula is C22H34IN5O2. The van der Waals surface area contributed by atoms with Crippen LogP contribution in [0.1, 0.15) is 51.8 Å². The van der Waals surface area contributed by atoms with Crippen molar-refractivity contribution in [3.63, 3.8) is 0 Å². The number of hydrogen-bond acceptors (Lipinski definition) is 4. The average molecular weight is 527 g/mol. The van der Waals surface area contributed by atoms with Crippen LogP contribution in [0, 0.1) is 0 Å². The van der Waals surface area contributed by atoms with Gasteiger partial charge in [-0.1, -0.05) is 51.1 Å². The first-order valence-corrected chi connectivity index (χ1v) is 10.1. The van der Waals surface area contributed by atoms with Crippen LogP contribution in [0.3, 0.4) is 0 Å². The number of carbonyl (C=O) groups is 1. The van der Waals surface area contributed by atoms with Crippen molar-refractivity contribution in [3.05, 3.63) is 53.7 Å². The van der Waals surface area contributed by atoms with Crippen molar-refractivity contribution in [2.24, 2.45) is 4.99 Å². The average Bonchev–Trinajstić information content (AvgIpc) is 3.18. The number of nitrogens with zero attached hydrogens (tertiary/aromatic N) is 3. The number of halogens is 1. The van der Waals surface area contributed by atoms with E-state index in [2.05, 4.69) is 41.4 Å². The lowest BCUT2D eigenvalue weighted by atomic mass is 9.94. The molecule has 0 unspecified atom stereocenters. The molecule has 0 aliphatic heterocycles. The summed E-state index contributed by atoms with van der Waals surface area (Å²) in [6.45, 7) is 12.6. The zero-order valence-corrected chi connectivity index (χ0v) is 20.9. The monoisotopic (exact) mass is 527 g/mol. The highest BCUT2D eigenvalue weighted by atomic mass is 127. The van der Waals surface area contributed by atoms with Gasteiger partial charge in [0, 0.05) is 25.0 Å². The molecule has 0 aliphatic carbocycles. The van der Waals surface area contributed by atoms with E-state index >= 15 is 0 Å². The molecule has 0 spiro atoms. The summed E-state index contributed by atoms with van der Waals surface area (Å²) in [7, 11) is 0. The summed E-state index contributed by atoms with van der Waals surface area (Å²) in [4.78, 5) is 23.1. The normalized spacial score (nSPS) is 11.6. The van der Waals surface area contributed by atoms with Gasteiger partial charge in [0.1, 0.15) is 12.3 Å².